The number of carbonyl (C=O) groups excluding carboxylic acids is 2. The standard InChI is InChI=1S/C26H40N4O2/c1-25(2,3)21(16-27-24(32)26(4,5)6)28-23(31)22-19-14-10-11-15-20(19)30(29-22)17-18-12-8-7-9-13-18/h10-11,14-15,18,21H,7-9,12-13,16-17H2,1-6H3,(H,27,32)(H,28,31)/t21-/m1/s1. The Morgan fingerprint density at radius 3 is 2.34 bits per heavy atom. The second-order valence-corrected chi connectivity index (χ2v) is 11.4. The van der Waals surface area contributed by atoms with Gasteiger partial charge in [-0.05, 0) is 30.2 Å². The van der Waals surface area contributed by atoms with Gasteiger partial charge in [-0.1, -0.05) is 79.0 Å². The zero-order chi connectivity index (χ0) is 23.5. The molecule has 6 heteroatoms. The molecule has 0 unspecified atom stereocenters. The SMILES string of the molecule is CC(C)(C)C(=O)NC[C@@H](NC(=O)c1nn(CC2CCCCC2)c2ccccc12)C(C)(C)C. The van der Waals surface area contributed by atoms with Gasteiger partial charge in [0, 0.05) is 23.9 Å². The number of para-hydroxylation sites is 1. The third-order valence-corrected chi connectivity index (χ3v) is 6.53. The fraction of sp³-hybridized carbons (Fsp3) is 0.654. The lowest BCUT2D eigenvalue weighted by Gasteiger charge is -2.32. The van der Waals surface area contributed by atoms with Crippen LogP contribution in [0.5, 0.6) is 0 Å². The van der Waals surface area contributed by atoms with Crippen molar-refractivity contribution in [2.45, 2.75) is 86.2 Å². The monoisotopic (exact) mass is 440 g/mol. The minimum Gasteiger partial charge on any atom is -0.354 e. The minimum absolute atomic E-state index is 0.0248. The topological polar surface area (TPSA) is 76.0 Å². The van der Waals surface area contributed by atoms with Crippen LogP contribution in [0, 0.1) is 16.7 Å². The van der Waals surface area contributed by atoms with Gasteiger partial charge in [-0.25, -0.2) is 0 Å². The van der Waals surface area contributed by atoms with E-state index in [1.807, 2.05) is 49.7 Å². The van der Waals surface area contributed by atoms with Crippen molar-refractivity contribution in [3.05, 3.63) is 30.0 Å². The molecule has 176 valence electrons. The first-order valence-corrected chi connectivity index (χ1v) is 12.0. The normalized spacial score (nSPS) is 16.7. The van der Waals surface area contributed by atoms with E-state index in [0.29, 0.717) is 18.2 Å². The summed E-state index contributed by atoms with van der Waals surface area (Å²) >= 11 is 0. The van der Waals surface area contributed by atoms with Gasteiger partial charge < -0.3 is 10.6 Å². The molecule has 2 N–H and O–H groups in total. The molecule has 0 saturated heterocycles. The fourth-order valence-corrected chi connectivity index (χ4v) is 4.31. The van der Waals surface area contributed by atoms with E-state index >= 15 is 0 Å². The molecule has 2 amide bonds. The highest BCUT2D eigenvalue weighted by Crippen LogP contribution is 2.28. The van der Waals surface area contributed by atoms with Gasteiger partial charge in [0.1, 0.15) is 0 Å². The van der Waals surface area contributed by atoms with E-state index in [4.69, 9.17) is 5.10 Å². The van der Waals surface area contributed by atoms with Crippen molar-refractivity contribution in [3.63, 3.8) is 0 Å². The Labute approximate surface area is 192 Å². The highest BCUT2D eigenvalue weighted by molar-refractivity contribution is 6.05. The first-order chi connectivity index (χ1) is 15.0. The van der Waals surface area contributed by atoms with E-state index < -0.39 is 5.41 Å². The zero-order valence-electron chi connectivity index (χ0n) is 20.6. The Balaban J connectivity index is 1.80. The number of benzene rings is 1. The summed E-state index contributed by atoms with van der Waals surface area (Å²) in [5.41, 5.74) is 0.784. The Morgan fingerprint density at radius 1 is 1.06 bits per heavy atom. The number of aromatic nitrogens is 2. The number of fused-ring (bicyclic) bond motifs is 1. The highest BCUT2D eigenvalue weighted by Gasteiger charge is 2.30. The van der Waals surface area contributed by atoms with Gasteiger partial charge in [0.05, 0.1) is 11.6 Å². The molecule has 1 aliphatic rings. The number of nitrogens with zero attached hydrogens (tertiary/aromatic N) is 2. The van der Waals surface area contributed by atoms with Crippen LogP contribution in [0.25, 0.3) is 10.9 Å². The highest BCUT2D eigenvalue weighted by atomic mass is 16.2. The molecule has 32 heavy (non-hydrogen) atoms. The molecule has 0 radical (unpaired) electrons. The summed E-state index contributed by atoms with van der Waals surface area (Å²) in [6.45, 7) is 13.1. The van der Waals surface area contributed by atoms with Crippen LogP contribution < -0.4 is 10.6 Å². The molecular weight excluding hydrogens is 400 g/mol. The molecule has 1 aromatic heterocycles. The van der Waals surface area contributed by atoms with Gasteiger partial charge in [0.25, 0.3) is 5.91 Å². The largest absolute Gasteiger partial charge is 0.354 e. The van der Waals surface area contributed by atoms with Crippen LogP contribution in [0.15, 0.2) is 24.3 Å². The minimum atomic E-state index is -0.472. The van der Waals surface area contributed by atoms with Crippen LogP contribution >= 0.6 is 0 Å². The summed E-state index contributed by atoms with van der Waals surface area (Å²) in [7, 11) is 0. The van der Waals surface area contributed by atoms with E-state index in [1.165, 1.54) is 32.1 Å². The average Bonchev–Trinajstić information content (AvgIpc) is 3.08. The Morgan fingerprint density at radius 2 is 1.72 bits per heavy atom. The van der Waals surface area contributed by atoms with Gasteiger partial charge in [-0.3, -0.25) is 14.3 Å². The maximum absolute atomic E-state index is 13.4. The Kier molecular flexibility index (Phi) is 7.31. The van der Waals surface area contributed by atoms with E-state index in [2.05, 4.69) is 31.4 Å². The molecule has 0 bridgehead atoms. The van der Waals surface area contributed by atoms with Crippen LogP contribution in [0.2, 0.25) is 0 Å². The van der Waals surface area contributed by atoms with Crippen LogP contribution in [0.3, 0.4) is 0 Å². The van der Waals surface area contributed by atoms with Gasteiger partial charge >= 0.3 is 0 Å². The maximum Gasteiger partial charge on any atom is 0.272 e. The second-order valence-electron chi connectivity index (χ2n) is 11.4. The first kappa shape index (κ1) is 24.3. The zero-order valence-corrected chi connectivity index (χ0v) is 20.6. The summed E-state index contributed by atoms with van der Waals surface area (Å²) in [6.07, 6.45) is 6.35. The summed E-state index contributed by atoms with van der Waals surface area (Å²) in [5.74, 6) is 0.412. The molecule has 6 nitrogen and oxygen atoms in total. The van der Waals surface area contributed by atoms with Gasteiger partial charge in [-0.15, -0.1) is 0 Å². The van der Waals surface area contributed by atoms with E-state index in [1.54, 1.807) is 0 Å². The molecule has 1 aliphatic carbocycles. The third kappa shape index (κ3) is 5.90. The predicted molar refractivity (Wildman–Crippen MR) is 129 cm³/mol. The molecule has 1 aromatic carbocycles. The van der Waals surface area contributed by atoms with Crippen LogP contribution in [0.1, 0.15) is 84.1 Å². The molecular formula is C26H40N4O2. The van der Waals surface area contributed by atoms with E-state index in [0.717, 1.165) is 17.4 Å². The third-order valence-electron chi connectivity index (χ3n) is 6.53. The molecule has 3 rings (SSSR count). The van der Waals surface area contributed by atoms with Gasteiger partial charge in [-0.2, -0.15) is 5.10 Å². The summed E-state index contributed by atoms with van der Waals surface area (Å²) in [5, 5.41) is 11.8. The molecule has 0 spiro atoms. The molecule has 2 aromatic rings. The van der Waals surface area contributed by atoms with Crippen molar-refractivity contribution in [3.8, 4) is 0 Å². The summed E-state index contributed by atoms with van der Waals surface area (Å²) in [4.78, 5) is 25.7. The Bertz CT molecular complexity index is 943. The fourth-order valence-electron chi connectivity index (χ4n) is 4.31. The van der Waals surface area contributed by atoms with Crippen LogP contribution in [0.4, 0.5) is 0 Å². The lowest BCUT2D eigenvalue weighted by Crippen LogP contribution is -2.52. The second kappa shape index (κ2) is 9.63. The lowest BCUT2D eigenvalue weighted by atomic mass is 9.86. The number of nitrogens with one attached hydrogen (secondary N) is 2. The quantitative estimate of drug-likeness (QED) is 0.669. The smallest absolute Gasteiger partial charge is 0.272 e. The molecule has 1 atom stereocenters. The molecule has 1 fully saturated rings. The summed E-state index contributed by atoms with van der Waals surface area (Å²) in [6, 6.07) is 7.76. The number of rotatable bonds is 6. The maximum atomic E-state index is 13.4. The van der Waals surface area contributed by atoms with Gasteiger partial charge in [0.2, 0.25) is 5.91 Å². The number of hydrogen-bond acceptors (Lipinski definition) is 3. The predicted octanol–water partition coefficient (Wildman–Crippen LogP) is 4.92. The number of carbonyl (C=O) groups is 2. The number of hydrogen-bond donors (Lipinski definition) is 2. The van der Waals surface area contributed by atoms with Crippen molar-refractivity contribution in [2.24, 2.45) is 16.7 Å². The van der Waals surface area contributed by atoms with E-state index in [-0.39, 0.29) is 23.3 Å². The van der Waals surface area contributed by atoms with E-state index in [9.17, 15) is 9.59 Å². The molecule has 1 saturated carbocycles. The Hall–Kier alpha value is -2.37. The van der Waals surface area contributed by atoms with Crippen molar-refractivity contribution < 1.29 is 9.59 Å². The lowest BCUT2D eigenvalue weighted by molar-refractivity contribution is -0.128. The average molecular weight is 441 g/mol. The summed E-state index contributed by atoms with van der Waals surface area (Å²) < 4.78 is 2.02. The van der Waals surface area contributed by atoms with Crippen molar-refractivity contribution in [1.82, 2.24) is 20.4 Å². The molecule has 0 aliphatic heterocycles. The van der Waals surface area contributed by atoms with Crippen molar-refractivity contribution in [1.29, 1.82) is 0 Å². The number of amides is 2. The van der Waals surface area contributed by atoms with Crippen LogP contribution in [-0.4, -0.2) is 34.2 Å². The van der Waals surface area contributed by atoms with Crippen molar-refractivity contribution in [2.75, 3.05) is 6.54 Å². The van der Waals surface area contributed by atoms with Crippen LogP contribution in [-0.2, 0) is 11.3 Å². The first-order valence-electron chi connectivity index (χ1n) is 12.0. The van der Waals surface area contributed by atoms with Gasteiger partial charge in [0.15, 0.2) is 5.69 Å². The van der Waals surface area contributed by atoms with Crippen molar-refractivity contribution >= 4 is 22.7 Å². The molecule has 1 heterocycles.